The van der Waals surface area contributed by atoms with Gasteiger partial charge in [0.2, 0.25) is 10.0 Å². The van der Waals surface area contributed by atoms with Crippen LogP contribution in [0.25, 0.3) is 0 Å². The predicted molar refractivity (Wildman–Crippen MR) is 67.9 cm³/mol. The summed E-state index contributed by atoms with van der Waals surface area (Å²) in [5.74, 6) is -2.28. The van der Waals surface area contributed by atoms with E-state index in [4.69, 9.17) is 0 Å². The topological polar surface area (TPSA) is 77.5 Å². The lowest BCUT2D eigenvalue weighted by Crippen LogP contribution is -2.39. The van der Waals surface area contributed by atoms with Crippen molar-refractivity contribution in [2.75, 3.05) is 13.1 Å². The van der Waals surface area contributed by atoms with Crippen LogP contribution in [0.1, 0.15) is 30.1 Å². The van der Waals surface area contributed by atoms with Gasteiger partial charge in [-0.15, -0.1) is 0 Å². The minimum atomic E-state index is -4.01. The number of hydrogen-bond acceptors (Lipinski definition) is 4. The number of carboxylic acid groups (broad SMARTS) is 1. The number of carboxylic acids is 1. The molecule has 0 unspecified atom stereocenters. The molecule has 0 N–H and O–H groups in total. The zero-order valence-electron chi connectivity index (χ0n) is 11.0. The third-order valence-electron chi connectivity index (χ3n) is 3.40. The number of rotatable bonds is 3. The Labute approximate surface area is 117 Å². The van der Waals surface area contributed by atoms with Crippen LogP contribution < -0.4 is 5.11 Å². The lowest BCUT2D eigenvalue weighted by molar-refractivity contribution is -0.255. The van der Waals surface area contributed by atoms with E-state index < -0.39 is 26.7 Å². The molecule has 1 aromatic rings. The minimum Gasteiger partial charge on any atom is -0.545 e. The summed E-state index contributed by atoms with van der Waals surface area (Å²) in [6.07, 6.45) is 1.63. The lowest BCUT2D eigenvalue weighted by atomic mass is 10.0. The van der Waals surface area contributed by atoms with Crippen LogP contribution in [0.4, 0.5) is 4.39 Å². The fourth-order valence-corrected chi connectivity index (χ4v) is 4.02. The number of nitrogens with zero attached hydrogens (tertiary/aromatic N) is 1. The van der Waals surface area contributed by atoms with Crippen molar-refractivity contribution in [3.8, 4) is 0 Å². The summed E-state index contributed by atoms with van der Waals surface area (Å²) in [7, 11) is -4.01. The second-order valence-corrected chi connectivity index (χ2v) is 6.95. The molecule has 1 heterocycles. The highest BCUT2D eigenvalue weighted by atomic mass is 32.2. The molecule has 2 rings (SSSR count). The van der Waals surface area contributed by atoms with Gasteiger partial charge in [0.1, 0.15) is 10.7 Å². The molecule has 0 amide bonds. The minimum absolute atomic E-state index is 0.200. The Morgan fingerprint density at radius 3 is 2.75 bits per heavy atom. The Bertz CT molecular complexity index is 629. The molecule has 1 atom stereocenters. The Morgan fingerprint density at radius 1 is 1.45 bits per heavy atom. The van der Waals surface area contributed by atoms with Crippen LogP contribution in [0.15, 0.2) is 23.1 Å². The van der Waals surface area contributed by atoms with Crippen LogP contribution in [0, 0.1) is 11.7 Å². The summed E-state index contributed by atoms with van der Waals surface area (Å²) in [6.45, 7) is 2.56. The summed E-state index contributed by atoms with van der Waals surface area (Å²) < 4.78 is 39.8. The average molecular weight is 300 g/mol. The van der Waals surface area contributed by atoms with Crippen molar-refractivity contribution in [2.45, 2.75) is 24.7 Å². The van der Waals surface area contributed by atoms with E-state index in [1.165, 1.54) is 4.31 Å². The Balaban J connectivity index is 2.43. The van der Waals surface area contributed by atoms with Crippen LogP contribution in [0.3, 0.4) is 0 Å². The Hall–Kier alpha value is -1.47. The smallest absolute Gasteiger partial charge is 0.246 e. The molecule has 1 fully saturated rings. The number of carbonyl (C=O) groups excluding carboxylic acids is 1. The quantitative estimate of drug-likeness (QED) is 0.819. The highest BCUT2D eigenvalue weighted by molar-refractivity contribution is 7.89. The van der Waals surface area contributed by atoms with Gasteiger partial charge in [0.05, 0.1) is 5.97 Å². The van der Waals surface area contributed by atoms with Gasteiger partial charge in [-0.3, -0.25) is 0 Å². The fraction of sp³-hybridized carbons (Fsp3) is 0.462. The second kappa shape index (κ2) is 5.49. The van der Waals surface area contributed by atoms with Gasteiger partial charge in [0, 0.05) is 13.1 Å². The van der Waals surface area contributed by atoms with Crippen LogP contribution in [-0.2, 0) is 10.0 Å². The van der Waals surface area contributed by atoms with Crippen molar-refractivity contribution in [1.29, 1.82) is 0 Å². The lowest BCUT2D eigenvalue weighted by Gasteiger charge is -2.30. The van der Waals surface area contributed by atoms with Crippen molar-refractivity contribution < 1.29 is 22.7 Å². The van der Waals surface area contributed by atoms with Gasteiger partial charge in [-0.25, -0.2) is 12.8 Å². The SMILES string of the molecule is C[C@H]1CCCN(S(=O)(=O)c2cc(C(=O)[O-])ccc2F)C1. The molecule has 110 valence electrons. The van der Waals surface area contributed by atoms with E-state index in [0.29, 0.717) is 19.5 Å². The van der Waals surface area contributed by atoms with E-state index in [1.54, 1.807) is 0 Å². The van der Waals surface area contributed by atoms with Crippen molar-refractivity contribution in [3.63, 3.8) is 0 Å². The molecule has 1 aliphatic heterocycles. The van der Waals surface area contributed by atoms with Gasteiger partial charge in [0.25, 0.3) is 0 Å². The number of piperidine rings is 1. The molecule has 0 saturated carbocycles. The molecule has 0 spiro atoms. The van der Waals surface area contributed by atoms with Crippen molar-refractivity contribution in [1.82, 2.24) is 4.31 Å². The first-order valence-corrected chi connectivity index (χ1v) is 7.77. The first kappa shape index (κ1) is 14.9. The molecule has 0 aromatic heterocycles. The van der Waals surface area contributed by atoms with Gasteiger partial charge in [-0.1, -0.05) is 13.0 Å². The molecule has 0 radical (unpaired) electrons. The van der Waals surface area contributed by atoms with Crippen LogP contribution in [0.2, 0.25) is 0 Å². The Kier molecular flexibility index (Phi) is 4.10. The van der Waals surface area contributed by atoms with Gasteiger partial charge >= 0.3 is 0 Å². The largest absolute Gasteiger partial charge is 0.545 e. The summed E-state index contributed by atoms with van der Waals surface area (Å²) in [5.41, 5.74) is -0.352. The third kappa shape index (κ3) is 2.83. The van der Waals surface area contributed by atoms with Crippen LogP contribution in [0.5, 0.6) is 0 Å². The molecule has 5 nitrogen and oxygen atoms in total. The monoisotopic (exact) mass is 300 g/mol. The molecular weight excluding hydrogens is 285 g/mol. The number of sulfonamides is 1. The van der Waals surface area contributed by atoms with E-state index in [9.17, 15) is 22.7 Å². The molecule has 1 saturated heterocycles. The summed E-state index contributed by atoms with van der Waals surface area (Å²) in [6, 6.07) is 2.65. The summed E-state index contributed by atoms with van der Waals surface area (Å²) >= 11 is 0. The molecule has 20 heavy (non-hydrogen) atoms. The van der Waals surface area contributed by atoms with Gasteiger partial charge < -0.3 is 9.90 Å². The first-order valence-electron chi connectivity index (χ1n) is 6.33. The standard InChI is InChI=1S/C13H16FNO4S/c1-9-3-2-6-15(8-9)20(18,19)12-7-10(13(16)17)4-5-11(12)14/h4-5,7,9H,2-3,6,8H2,1H3,(H,16,17)/p-1/t9-/m0/s1. The fourth-order valence-electron chi connectivity index (χ4n) is 2.33. The van der Waals surface area contributed by atoms with Crippen molar-refractivity contribution in [3.05, 3.63) is 29.6 Å². The average Bonchev–Trinajstić information content (AvgIpc) is 2.38. The number of carbonyl (C=O) groups is 1. The van der Waals surface area contributed by atoms with Crippen LogP contribution >= 0.6 is 0 Å². The summed E-state index contributed by atoms with van der Waals surface area (Å²) in [4.78, 5) is 10.2. The maximum atomic E-state index is 13.8. The van der Waals surface area contributed by atoms with Gasteiger partial charge in [-0.05, 0) is 36.5 Å². The Morgan fingerprint density at radius 2 is 2.15 bits per heavy atom. The predicted octanol–water partition coefficient (Wildman–Crippen LogP) is 0.610. The van der Waals surface area contributed by atoms with Gasteiger partial charge in [0.15, 0.2) is 0 Å². The summed E-state index contributed by atoms with van der Waals surface area (Å²) in [5, 5.41) is 10.8. The van der Waals surface area contributed by atoms with E-state index in [2.05, 4.69) is 0 Å². The zero-order valence-corrected chi connectivity index (χ0v) is 11.8. The zero-order chi connectivity index (χ0) is 14.9. The molecule has 1 aliphatic rings. The van der Waals surface area contributed by atoms with Crippen LogP contribution in [-0.4, -0.2) is 31.8 Å². The van der Waals surface area contributed by atoms with Gasteiger partial charge in [-0.2, -0.15) is 4.31 Å². The molecule has 1 aromatic carbocycles. The molecule has 7 heteroatoms. The van der Waals surface area contributed by atoms with E-state index >= 15 is 0 Å². The third-order valence-corrected chi connectivity index (χ3v) is 5.28. The van der Waals surface area contributed by atoms with Crippen molar-refractivity contribution >= 4 is 16.0 Å². The number of aromatic carboxylic acids is 1. The normalized spacial score (nSPS) is 20.8. The molecule has 0 bridgehead atoms. The molecular formula is C13H15FNO4S-. The van der Waals surface area contributed by atoms with E-state index in [-0.39, 0.29) is 11.5 Å². The maximum Gasteiger partial charge on any atom is 0.246 e. The number of halogens is 1. The maximum absolute atomic E-state index is 13.8. The first-order chi connectivity index (χ1) is 9.32. The molecule has 0 aliphatic carbocycles. The second-order valence-electron chi connectivity index (χ2n) is 5.04. The highest BCUT2D eigenvalue weighted by Crippen LogP contribution is 2.25. The van der Waals surface area contributed by atoms with E-state index in [0.717, 1.165) is 24.6 Å². The van der Waals surface area contributed by atoms with E-state index in [1.807, 2.05) is 6.92 Å². The van der Waals surface area contributed by atoms with Crippen molar-refractivity contribution in [2.24, 2.45) is 5.92 Å². The number of hydrogen-bond donors (Lipinski definition) is 0. The number of benzene rings is 1. The highest BCUT2D eigenvalue weighted by Gasteiger charge is 2.31.